The van der Waals surface area contributed by atoms with Gasteiger partial charge in [0.1, 0.15) is 0 Å². The van der Waals surface area contributed by atoms with E-state index in [1.54, 1.807) is 0 Å². The van der Waals surface area contributed by atoms with Crippen molar-refractivity contribution in [3.05, 3.63) is 11.9 Å². The van der Waals surface area contributed by atoms with E-state index in [0.29, 0.717) is 17.9 Å². The van der Waals surface area contributed by atoms with E-state index < -0.39 is 0 Å². The summed E-state index contributed by atoms with van der Waals surface area (Å²) in [6.45, 7) is 23.3. The molecule has 0 bridgehead atoms. The summed E-state index contributed by atoms with van der Waals surface area (Å²) in [4.78, 5) is 0. The molecule has 0 spiro atoms. The molecule has 5 heteroatoms. The Morgan fingerprint density at radius 2 is 1.64 bits per heavy atom. The fourth-order valence-corrected chi connectivity index (χ4v) is 2.88. The minimum atomic E-state index is -0.208. The Morgan fingerprint density at radius 1 is 1.00 bits per heavy atom. The van der Waals surface area contributed by atoms with Gasteiger partial charge in [0.2, 0.25) is 0 Å². The summed E-state index contributed by atoms with van der Waals surface area (Å²) in [5, 5.41) is 8.87. The lowest BCUT2D eigenvalue weighted by atomic mass is 9.87. The van der Waals surface area contributed by atoms with Gasteiger partial charge in [-0.15, -0.1) is 5.10 Å². The normalized spacial score (nSPS) is 16.4. The summed E-state index contributed by atoms with van der Waals surface area (Å²) in [5.41, 5.74) is 0.952. The van der Waals surface area contributed by atoms with Gasteiger partial charge in [-0.1, -0.05) is 53.2 Å². The van der Waals surface area contributed by atoms with Crippen LogP contribution in [0.3, 0.4) is 0 Å². The fraction of sp³-hybridized carbons (Fsp3) is 0.913. The smallest absolute Gasteiger partial charge is 0.0855 e. The number of hydrogen-bond acceptors (Lipinski definition) is 4. The molecule has 0 aliphatic heterocycles. The highest BCUT2D eigenvalue weighted by atomic mass is 16.5. The lowest BCUT2D eigenvalue weighted by Crippen LogP contribution is -2.32. The highest BCUT2D eigenvalue weighted by molar-refractivity contribution is 5.00. The van der Waals surface area contributed by atoms with Crippen LogP contribution >= 0.6 is 0 Å². The summed E-state index contributed by atoms with van der Waals surface area (Å²) in [6, 6.07) is 0.180. The van der Waals surface area contributed by atoms with E-state index in [9.17, 15) is 0 Å². The van der Waals surface area contributed by atoms with Crippen LogP contribution in [0.4, 0.5) is 0 Å². The van der Waals surface area contributed by atoms with Crippen LogP contribution in [-0.2, 0) is 15.9 Å². The Kier molecular flexibility index (Phi) is 9.14. The summed E-state index contributed by atoms with van der Waals surface area (Å²) in [5.74, 6) is 0.419. The second kappa shape index (κ2) is 10.2. The van der Waals surface area contributed by atoms with E-state index in [4.69, 9.17) is 9.47 Å². The first kappa shape index (κ1) is 25.1. The zero-order valence-corrected chi connectivity index (χ0v) is 20.1. The van der Waals surface area contributed by atoms with E-state index in [2.05, 4.69) is 85.7 Å². The second-order valence-electron chi connectivity index (χ2n) is 10.5. The maximum absolute atomic E-state index is 6.33. The van der Waals surface area contributed by atoms with Crippen molar-refractivity contribution in [2.24, 2.45) is 11.3 Å². The van der Waals surface area contributed by atoms with Crippen molar-refractivity contribution < 1.29 is 9.47 Å². The minimum Gasteiger partial charge on any atom is -0.375 e. The molecular weight excluding hydrogens is 350 g/mol. The van der Waals surface area contributed by atoms with Gasteiger partial charge in [-0.05, 0) is 51.9 Å². The Bertz CT molecular complexity index is 575. The van der Waals surface area contributed by atoms with Gasteiger partial charge in [-0.2, -0.15) is 0 Å². The van der Waals surface area contributed by atoms with Gasteiger partial charge >= 0.3 is 0 Å². The van der Waals surface area contributed by atoms with Crippen LogP contribution in [0.25, 0.3) is 0 Å². The number of hydrogen-bond donors (Lipinski definition) is 0. The molecule has 0 amide bonds. The highest BCUT2D eigenvalue weighted by Crippen LogP contribution is 2.28. The first-order chi connectivity index (χ1) is 12.8. The Morgan fingerprint density at radius 3 is 2.14 bits per heavy atom. The highest BCUT2D eigenvalue weighted by Gasteiger charge is 2.27. The molecular formula is C23H45N3O2. The molecule has 0 aromatic carbocycles. The molecule has 28 heavy (non-hydrogen) atoms. The number of nitrogens with zero attached hydrogens (tertiary/aromatic N) is 3. The van der Waals surface area contributed by atoms with Gasteiger partial charge in [-0.25, -0.2) is 4.68 Å². The Labute approximate surface area is 173 Å². The predicted molar refractivity (Wildman–Crippen MR) is 117 cm³/mol. The third kappa shape index (κ3) is 8.60. The summed E-state index contributed by atoms with van der Waals surface area (Å²) < 4.78 is 14.3. The van der Waals surface area contributed by atoms with Crippen LogP contribution < -0.4 is 0 Å². The maximum atomic E-state index is 6.33. The van der Waals surface area contributed by atoms with E-state index in [1.807, 2.05) is 4.68 Å². The molecule has 2 atom stereocenters. The standard InChI is InChI=1S/C23H45N3O2/c1-11-22(8,9)13-14-27-23(10,12-2)15-19-16-26(25-24-19)20(18(3)4)17-28-21(5,6)7/h16,18,20H,11-15,17H2,1-10H3. The Hall–Kier alpha value is -0.940. The van der Waals surface area contributed by atoms with Crippen molar-refractivity contribution in [1.29, 1.82) is 0 Å². The number of aromatic nitrogens is 3. The van der Waals surface area contributed by atoms with Crippen molar-refractivity contribution in [2.45, 2.75) is 112 Å². The van der Waals surface area contributed by atoms with Gasteiger partial charge in [0.05, 0.1) is 29.5 Å². The molecule has 0 N–H and O–H groups in total. The number of rotatable bonds is 12. The zero-order valence-electron chi connectivity index (χ0n) is 20.1. The summed E-state index contributed by atoms with van der Waals surface area (Å²) in [7, 11) is 0. The molecule has 1 aromatic rings. The SMILES string of the molecule is CCC(C)(C)CCOC(C)(CC)Cc1cn(C(COC(C)(C)C)C(C)C)nn1. The molecule has 1 heterocycles. The van der Waals surface area contributed by atoms with Crippen molar-refractivity contribution in [2.75, 3.05) is 13.2 Å². The first-order valence-electron chi connectivity index (χ1n) is 11.0. The third-order valence-electron chi connectivity index (χ3n) is 5.84. The maximum Gasteiger partial charge on any atom is 0.0855 e. The third-order valence-corrected chi connectivity index (χ3v) is 5.84. The molecule has 0 aliphatic rings. The average Bonchev–Trinajstić information content (AvgIpc) is 3.01. The molecule has 0 radical (unpaired) electrons. The molecule has 0 saturated carbocycles. The lowest BCUT2D eigenvalue weighted by Gasteiger charge is -2.30. The van der Waals surface area contributed by atoms with E-state index >= 15 is 0 Å². The van der Waals surface area contributed by atoms with Crippen molar-refractivity contribution in [1.82, 2.24) is 15.0 Å². The van der Waals surface area contributed by atoms with Crippen LogP contribution in [0.15, 0.2) is 6.20 Å². The number of ether oxygens (including phenoxy) is 2. The largest absolute Gasteiger partial charge is 0.375 e. The summed E-state index contributed by atoms with van der Waals surface area (Å²) in [6.07, 6.45) is 6.05. The van der Waals surface area contributed by atoms with Crippen LogP contribution in [0.1, 0.15) is 100 Å². The quantitative estimate of drug-likeness (QED) is 0.446. The van der Waals surface area contributed by atoms with Gasteiger partial charge < -0.3 is 9.47 Å². The minimum absolute atomic E-state index is 0.155. The van der Waals surface area contributed by atoms with Crippen molar-refractivity contribution in [3.8, 4) is 0 Å². The first-order valence-corrected chi connectivity index (χ1v) is 11.0. The fourth-order valence-electron chi connectivity index (χ4n) is 2.88. The van der Waals surface area contributed by atoms with Crippen LogP contribution in [0.2, 0.25) is 0 Å². The molecule has 164 valence electrons. The molecule has 0 saturated heterocycles. The molecule has 0 aliphatic carbocycles. The molecule has 5 nitrogen and oxygen atoms in total. The molecule has 2 unspecified atom stereocenters. The molecule has 1 rings (SSSR count). The topological polar surface area (TPSA) is 49.2 Å². The summed E-state index contributed by atoms with van der Waals surface area (Å²) >= 11 is 0. The zero-order chi connectivity index (χ0) is 21.6. The molecule has 0 fully saturated rings. The van der Waals surface area contributed by atoms with Gasteiger partial charge in [-0.3, -0.25) is 0 Å². The van der Waals surface area contributed by atoms with Crippen LogP contribution in [0, 0.1) is 11.3 Å². The van der Waals surface area contributed by atoms with Crippen molar-refractivity contribution in [3.63, 3.8) is 0 Å². The van der Waals surface area contributed by atoms with Gasteiger partial charge in [0.25, 0.3) is 0 Å². The van der Waals surface area contributed by atoms with E-state index in [-0.39, 0.29) is 17.2 Å². The van der Waals surface area contributed by atoms with Crippen molar-refractivity contribution >= 4 is 0 Å². The monoisotopic (exact) mass is 395 g/mol. The van der Waals surface area contributed by atoms with Gasteiger partial charge in [0, 0.05) is 19.2 Å². The van der Waals surface area contributed by atoms with Crippen LogP contribution in [-0.4, -0.2) is 39.4 Å². The van der Waals surface area contributed by atoms with Gasteiger partial charge in [0.15, 0.2) is 0 Å². The predicted octanol–water partition coefficient (Wildman–Crippen LogP) is 5.84. The van der Waals surface area contributed by atoms with Crippen LogP contribution in [0.5, 0.6) is 0 Å². The average molecular weight is 396 g/mol. The Balaban J connectivity index is 2.76. The second-order valence-corrected chi connectivity index (χ2v) is 10.5. The van der Waals surface area contributed by atoms with E-state index in [1.165, 1.54) is 6.42 Å². The molecule has 1 aromatic heterocycles. The lowest BCUT2D eigenvalue weighted by molar-refractivity contribution is -0.0450. The van der Waals surface area contributed by atoms with E-state index in [0.717, 1.165) is 31.6 Å².